The molecular weight excluding hydrogens is 400 g/mol. The number of ether oxygens (including phenoxy) is 1. The van der Waals surface area contributed by atoms with Crippen molar-refractivity contribution in [2.45, 2.75) is 6.54 Å². The van der Waals surface area contributed by atoms with Gasteiger partial charge in [0.2, 0.25) is 0 Å². The smallest absolute Gasteiger partial charge is 0.176 e. The average Bonchev–Trinajstić information content (AvgIpc) is 3.18. The Morgan fingerprint density at radius 1 is 1.00 bits per heavy atom. The van der Waals surface area contributed by atoms with E-state index in [4.69, 9.17) is 19.7 Å². The molecule has 0 saturated carbocycles. The van der Waals surface area contributed by atoms with Crippen LogP contribution in [0.1, 0.15) is 5.01 Å². The van der Waals surface area contributed by atoms with Crippen LogP contribution in [-0.2, 0) is 11.3 Å². The molecule has 4 heterocycles. The molecule has 1 N–H and O–H groups in total. The van der Waals surface area contributed by atoms with Gasteiger partial charge >= 0.3 is 0 Å². The Hall–Kier alpha value is -2.33. The van der Waals surface area contributed by atoms with Crippen molar-refractivity contribution in [3.8, 4) is 17.1 Å². The average molecular weight is 427 g/mol. The molecule has 0 atom stereocenters. The predicted octanol–water partition coefficient (Wildman–Crippen LogP) is 2.04. The first-order valence-corrected chi connectivity index (χ1v) is 11.2. The van der Waals surface area contributed by atoms with Crippen molar-refractivity contribution >= 4 is 27.5 Å². The van der Waals surface area contributed by atoms with E-state index in [9.17, 15) is 5.11 Å². The second-order valence-electron chi connectivity index (χ2n) is 7.83. The third-order valence-electron chi connectivity index (χ3n) is 5.69. The van der Waals surface area contributed by atoms with E-state index in [-0.39, 0.29) is 5.75 Å². The Labute approximate surface area is 179 Å². The van der Waals surface area contributed by atoms with Crippen LogP contribution in [0.3, 0.4) is 0 Å². The number of thiazole rings is 1. The fraction of sp³-hybridized carbons (Fsp3) is 0.476. The number of hydrogen-bond acceptors (Lipinski definition) is 9. The summed E-state index contributed by atoms with van der Waals surface area (Å²) in [5.74, 6) is 1.58. The number of likely N-dealkylation sites (N-methyl/N-ethyl adjacent to an activating group) is 1. The van der Waals surface area contributed by atoms with Gasteiger partial charge in [-0.15, -0.1) is 11.3 Å². The first-order chi connectivity index (χ1) is 14.7. The lowest BCUT2D eigenvalue weighted by Gasteiger charge is -2.31. The van der Waals surface area contributed by atoms with Gasteiger partial charge in [-0.25, -0.2) is 15.0 Å². The van der Waals surface area contributed by atoms with Crippen molar-refractivity contribution in [2.75, 3.05) is 64.4 Å². The molecule has 9 heteroatoms. The highest BCUT2D eigenvalue weighted by Gasteiger charge is 2.23. The number of morpholine rings is 1. The molecule has 3 aromatic rings. The van der Waals surface area contributed by atoms with Crippen molar-refractivity contribution in [1.82, 2.24) is 24.8 Å². The number of para-hydroxylation sites is 1. The largest absolute Gasteiger partial charge is 0.507 e. The number of aromatic hydroxyl groups is 1. The standard InChI is InChI=1S/C21H26N6O2S/c1-25-6-8-26(9-7-25)14-17-22-20-18(30-17)21(27-10-12-29-13-11-27)24-19(23-20)15-4-2-3-5-16(15)28/h2-5,28H,6-14H2,1H3. The predicted molar refractivity (Wildman–Crippen MR) is 118 cm³/mol. The van der Waals surface area contributed by atoms with Gasteiger partial charge < -0.3 is 19.6 Å². The Kier molecular flexibility index (Phi) is 5.51. The maximum atomic E-state index is 10.3. The van der Waals surface area contributed by atoms with Gasteiger partial charge in [-0.2, -0.15) is 0 Å². The summed E-state index contributed by atoms with van der Waals surface area (Å²) < 4.78 is 6.55. The van der Waals surface area contributed by atoms with Gasteiger partial charge in [0.05, 0.1) is 25.3 Å². The summed E-state index contributed by atoms with van der Waals surface area (Å²) in [7, 11) is 2.17. The highest BCUT2D eigenvalue weighted by atomic mass is 32.1. The number of phenolic OH excluding ortho intramolecular Hbond substituents is 1. The van der Waals surface area contributed by atoms with E-state index in [0.29, 0.717) is 30.2 Å². The molecule has 158 valence electrons. The molecule has 2 fully saturated rings. The Bertz CT molecular complexity index is 1030. The Morgan fingerprint density at radius 2 is 1.77 bits per heavy atom. The van der Waals surface area contributed by atoms with Gasteiger partial charge in [-0.05, 0) is 19.2 Å². The molecule has 5 rings (SSSR count). The van der Waals surface area contributed by atoms with E-state index in [2.05, 4.69) is 21.7 Å². The Morgan fingerprint density at radius 3 is 2.53 bits per heavy atom. The number of fused-ring (bicyclic) bond motifs is 1. The van der Waals surface area contributed by atoms with E-state index in [0.717, 1.165) is 61.3 Å². The first-order valence-electron chi connectivity index (χ1n) is 10.4. The van der Waals surface area contributed by atoms with Gasteiger partial charge in [0.1, 0.15) is 15.5 Å². The topological polar surface area (TPSA) is 77.9 Å². The molecule has 30 heavy (non-hydrogen) atoms. The molecule has 0 amide bonds. The van der Waals surface area contributed by atoms with Crippen molar-refractivity contribution < 1.29 is 9.84 Å². The van der Waals surface area contributed by atoms with Crippen LogP contribution >= 0.6 is 11.3 Å². The summed E-state index contributed by atoms with van der Waals surface area (Å²) in [5, 5.41) is 11.4. The van der Waals surface area contributed by atoms with E-state index in [1.165, 1.54) is 0 Å². The molecular formula is C21H26N6O2S. The number of benzene rings is 1. The molecule has 0 aliphatic carbocycles. The molecule has 8 nitrogen and oxygen atoms in total. The number of hydrogen-bond donors (Lipinski definition) is 1. The summed E-state index contributed by atoms with van der Waals surface area (Å²) in [6.45, 7) is 8.06. The fourth-order valence-corrected chi connectivity index (χ4v) is 4.95. The van der Waals surface area contributed by atoms with Crippen LogP contribution in [0.25, 0.3) is 21.7 Å². The lowest BCUT2D eigenvalue weighted by atomic mass is 10.2. The van der Waals surface area contributed by atoms with E-state index >= 15 is 0 Å². The summed E-state index contributed by atoms with van der Waals surface area (Å²) in [5.41, 5.74) is 1.33. The highest BCUT2D eigenvalue weighted by molar-refractivity contribution is 7.19. The number of piperazine rings is 1. The zero-order valence-corrected chi connectivity index (χ0v) is 17.9. The van der Waals surface area contributed by atoms with Crippen LogP contribution in [0.15, 0.2) is 24.3 Å². The molecule has 2 aliphatic rings. The number of nitrogens with zero attached hydrogens (tertiary/aromatic N) is 6. The molecule has 2 aromatic heterocycles. The van der Waals surface area contributed by atoms with Crippen LogP contribution in [0, 0.1) is 0 Å². The molecule has 2 saturated heterocycles. The third kappa shape index (κ3) is 3.98. The van der Waals surface area contributed by atoms with E-state index < -0.39 is 0 Å². The van der Waals surface area contributed by atoms with E-state index in [1.807, 2.05) is 12.1 Å². The van der Waals surface area contributed by atoms with Gasteiger partial charge in [0.15, 0.2) is 17.3 Å². The van der Waals surface area contributed by atoms with Crippen molar-refractivity contribution in [1.29, 1.82) is 0 Å². The van der Waals surface area contributed by atoms with Gasteiger partial charge in [-0.3, -0.25) is 4.90 Å². The third-order valence-corrected chi connectivity index (χ3v) is 6.72. The minimum absolute atomic E-state index is 0.178. The number of phenols is 1. The van der Waals surface area contributed by atoms with Gasteiger partial charge in [-0.1, -0.05) is 12.1 Å². The molecule has 1 aromatic carbocycles. The van der Waals surface area contributed by atoms with Gasteiger partial charge in [0.25, 0.3) is 0 Å². The van der Waals surface area contributed by atoms with Crippen molar-refractivity contribution in [3.63, 3.8) is 0 Å². The van der Waals surface area contributed by atoms with Crippen molar-refractivity contribution in [3.05, 3.63) is 29.3 Å². The summed E-state index contributed by atoms with van der Waals surface area (Å²) in [6.07, 6.45) is 0. The summed E-state index contributed by atoms with van der Waals surface area (Å²) in [6, 6.07) is 7.20. The van der Waals surface area contributed by atoms with Crippen LogP contribution in [0.2, 0.25) is 0 Å². The second-order valence-corrected chi connectivity index (χ2v) is 8.91. The fourth-order valence-electron chi connectivity index (χ4n) is 3.89. The van der Waals surface area contributed by atoms with Crippen LogP contribution < -0.4 is 4.90 Å². The van der Waals surface area contributed by atoms with Gasteiger partial charge in [0, 0.05) is 39.3 Å². The number of aromatic nitrogens is 3. The summed E-state index contributed by atoms with van der Waals surface area (Å²) >= 11 is 1.68. The lowest BCUT2D eigenvalue weighted by molar-refractivity contribution is 0.122. The quantitative estimate of drug-likeness (QED) is 0.679. The molecule has 0 bridgehead atoms. The van der Waals surface area contributed by atoms with Crippen molar-refractivity contribution in [2.24, 2.45) is 0 Å². The van der Waals surface area contributed by atoms with Crippen LogP contribution in [-0.4, -0.2) is 89.4 Å². The maximum Gasteiger partial charge on any atom is 0.176 e. The minimum atomic E-state index is 0.178. The zero-order valence-electron chi connectivity index (χ0n) is 17.1. The zero-order chi connectivity index (χ0) is 20.5. The highest BCUT2D eigenvalue weighted by Crippen LogP contribution is 2.35. The maximum absolute atomic E-state index is 10.3. The molecule has 2 aliphatic heterocycles. The second kappa shape index (κ2) is 8.43. The SMILES string of the molecule is CN1CCN(Cc2nc3nc(-c4ccccc4O)nc(N4CCOCC4)c3s2)CC1. The number of anilines is 1. The Balaban J connectivity index is 1.54. The first kappa shape index (κ1) is 19.6. The molecule has 0 spiro atoms. The monoisotopic (exact) mass is 426 g/mol. The van der Waals surface area contributed by atoms with E-state index in [1.54, 1.807) is 23.5 Å². The van der Waals surface area contributed by atoms with Crippen LogP contribution in [0.4, 0.5) is 5.82 Å². The summed E-state index contributed by atoms with van der Waals surface area (Å²) in [4.78, 5) is 21.5. The molecule has 0 unspecified atom stereocenters. The minimum Gasteiger partial charge on any atom is -0.507 e. The van der Waals surface area contributed by atoms with Crippen LogP contribution in [0.5, 0.6) is 5.75 Å². The molecule has 0 radical (unpaired) electrons. The number of rotatable bonds is 4. The lowest BCUT2D eigenvalue weighted by Crippen LogP contribution is -2.43. The normalized spacial score (nSPS) is 18.9.